The molecule has 0 aliphatic rings. The third kappa shape index (κ3) is 6.21. The van der Waals surface area contributed by atoms with Crippen molar-refractivity contribution in [1.29, 1.82) is 0 Å². The normalized spacial score (nSPS) is 9.43. The maximum atomic E-state index is 11.7. The molecule has 0 saturated carbocycles. The van der Waals surface area contributed by atoms with Gasteiger partial charge in [-0.3, -0.25) is 0 Å². The van der Waals surface area contributed by atoms with E-state index in [1.807, 2.05) is 12.1 Å². The number of benzene rings is 3. The van der Waals surface area contributed by atoms with Gasteiger partial charge in [-0.1, -0.05) is 36.4 Å². The van der Waals surface area contributed by atoms with Crippen LogP contribution in [0.3, 0.4) is 0 Å². The van der Waals surface area contributed by atoms with Crippen molar-refractivity contribution < 1.29 is 85.2 Å². The maximum Gasteiger partial charge on any atom is 0.337 e. The number of hydrogen-bond acceptors (Lipinski definition) is 4. The van der Waals surface area contributed by atoms with Crippen LogP contribution in [0.25, 0.3) is 0 Å². The molecule has 136 valence electrons. The second kappa shape index (κ2) is 11.4. The van der Waals surface area contributed by atoms with Gasteiger partial charge in [0, 0.05) is 76.8 Å². The predicted molar refractivity (Wildman–Crippen MR) is 99.8 cm³/mol. The summed E-state index contributed by atoms with van der Waals surface area (Å²) in [4.78, 5) is 23.4. The molecule has 0 heterocycles. The number of hydrogen-bond donors (Lipinski definition) is 4. The quantitative estimate of drug-likeness (QED) is 0.376. The Morgan fingerprint density at radius 2 is 0.929 bits per heavy atom. The van der Waals surface area contributed by atoms with E-state index in [0.717, 1.165) is 0 Å². The van der Waals surface area contributed by atoms with Crippen LogP contribution in [0.2, 0.25) is 0 Å². The van der Waals surface area contributed by atoms with Gasteiger partial charge in [-0.05, 0) is 36.4 Å². The second-order valence-corrected chi connectivity index (χ2v) is 5.54. The van der Waals surface area contributed by atoms with Crippen LogP contribution in [0, 0.1) is 0 Å². The molecule has 0 aliphatic heterocycles. The summed E-state index contributed by atoms with van der Waals surface area (Å²) in [6.07, 6.45) is 0. The minimum atomic E-state index is -1.16. The van der Waals surface area contributed by atoms with Gasteiger partial charge in [0.15, 0.2) is 0 Å². The third-order valence-corrected chi connectivity index (χ3v) is 3.72. The van der Waals surface area contributed by atoms with Gasteiger partial charge in [0.25, 0.3) is 0 Å². The summed E-state index contributed by atoms with van der Waals surface area (Å²) in [5, 5.41) is 25.0. The van der Waals surface area contributed by atoms with Crippen LogP contribution in [0.4, 0.5) is 22.7 Å². The molecule has 0 atom stereocenters. The first kappa shape index (κ1) is 24.4. The average Bonchev–Trinajstić information content (AvgIpc) is 2.64. The Hall–Kier alpha value is -1.59. The molecule has 0 aromatic heterocycles. The fraction of sp³-hybridized carbons (Fsp3) is 0. The summed E-state index contributed by atoms with van der Waals surface area (Å²) < 4.78 is 0. The molecule has 0 amide bonds. The zero-order chi connectivity index (χ0) is 18.5. The standard InChI is InChI=1S/C20H16N2O4.2Y/c23-19(24)15-12-18(22-14-9-5-2-6-10-14)16(20(25)26)11-17(15)21-13-7-3-1-4-8-13;;/h1-12,21-22H,(H,23,24)(H,25,26);;. The summed E-state index contributed by atoms with van der Waals surface area (Å²) in [5.41, 5.74) is 1.68. The van der Waals surface area contributed by atoms with Crippen molar-refractivity contribution in [2.45, 2.75) is 0 Å². The number of rotatable bonds is 6. The first-order chi connectivity index (χ1) is 12.5. The number of carbonyl (C=O) groups is 2. The molecular formula is C20H16N2O4Y2. The van der Waals surface area contributed by atoms with Gasteiger partial charge in [0.1, 0.15) is 0 Å². The Labute approximate surface area is 212 Å². The van der Waals surface area contributed by atoms with Crippen LogP contribution in [-0.2, 0) is 65.4 Å². The molecule has 3 aromatic carbocycles. The molecule has 2 radical (unpaired) electrons. The van der Waals surface area contributed by atoms with Crippen LogP contribution in [-0.4, -0.2) is 22.2 Å². The van der Waals surface area contributed by atoms with E-state index in [2.05, 4.69) is 10.6 Å². The van der Waals surface area contributed by atoms with Crippen molar-refractivity contribution in [2.75, 3.05) is 10.6 Å². The summed E-state index contributed by atoms with van der Waals surface area (Å²) in [6.45, 7) is 0. The SMILES string of the molecule is O=C(O)c1cc(Nc2ccccc2)c(C(=O)O)cc1Nc1ccccc1.[Y].[Y]. The smallest absolute Gasteiger partial charge is 0.337 e. The molecule has 0 saturated heterocycles. The van der Waals surface area contributed by atoms with E-state index in [1.54, 1.807) is 48.5 Å². The molecular weight excluding hydrogens is 510 g/mol. The van der Waals surface area contributed by atoms with Crippen molar-refractivity contribution >= 4 is 34.7 Å². The van der Waals surface area contributed by atoms with Crippen LogP contribution in [0.5, 0.6) is 0 Å². The molecule has 6 nitrogen and oxygen atoms in total. The van der Waals surface area contributed by atoms with Crippen molar-refractivity contribution in [1.82, 2.24) is 0 Å². The first-order valence-corrected chi connectivity index (χ1v) is 7.83. The zero-order valence-electron chi connectivity index (χ0n) is 14.8. The van der Waals surface area contributed by atoms with Crippen LogP contribution < -0.4 is 10.6 Å². The molecule has 0 spiro atoms. The Morgan fingerprint density at radius 1 is 0.607 bits per heavy atom. The van der Waals surface area contributed by atoms with Crippen LogP contribution in [0.15, 0.2) is 72.8 Å². The fourth-order valence-electron chi connectivity index (χ4n) is 2.51. The van der Waals surface area contributed by atoms with Crippen molar-refractivity contribution in [3.63, 3.8) is 0 Å². The number of aromatic carboxylic acids is 2. The van der Waals surface area contributed by atoms with E-state index in [1.165, 1.54) is 12.1 Å². The van der Waals surface area contributed by atoms with Gasteiger partial charge >= 0.3 is 11.9 Å². The zero-order valence-corrected chi connectivity index (χ0v) is 20.5. The molecule has 0 bridgehead atoms. The summed E-state index contributed by atoms with van der Waals surface area (Å²) in [7, 11) is 0. The summed E-state index contributed by atoms with van der Waals surface area (Å²) >= 11 is 0. The van der Waals surface area contributed by atoms with Gasteiger partial charge in [0.2, 0.25) is 0 Å². The predicted octanol–water partition coefficient (Wildman–Crippen LogP) is 4.57. The monoisotopic (exact) mass is 526 g/mol. The van der Waals surface area contributed by atoms with Crippen LogP contribution in [0.1, 0.15) is 20.7 Å². The number of para-hydroxylation sites is 2. The molecule has 8 heteroatoms. The number of nitrogens with one attached hydrogen (secondary N) is 2. The van der Waals surface area contributed by atoms with E-state index < -0.39 is 11.9 Å². The minimum Gasteiger partial charge on any atom is -0.478 e. The maximum absolute atomic E-state index is 11.7. The topological polar surface area (TPSA) is 98.7 Å². The molecule has 3 rings (SSSR count). The molecule has 28 heavy (non-hydrogen) atoms. The first-order valence-electron chi connectivity index (χ1n) is 7.83. The summed E-state index contributed by atoms with van der Waals surface area (Å²) in [6, 6.07) is 20.6. The van der Waals surface area contributed by atoms with Gasteiger partial charge < -0.3 is 20.8 Å². The molecule has 0 unspecified atom stereocenters. The number of carboxylic acids is 2. The van der Waals surface area contributed by atoms with Gasteiger partial charge in [-0.15, -0.1) is 0 Å². The van der Waals surface area contributed by atoms with Gasteiger partial charge in [-0.2, -0.15) is 0 Å². The number of anilines is 4. The van der Waals surface area contributed by atoms with E-state index in [4.69, 9.17) is 0 Å². The minimum absolute atomic E-state index is 0. The van der Waals surface area contributed by atoms with Crippen LogP contribution >= 0.6 is 0 Å². The van der Waals surface area contributed by atoms with E-state index in [0.29, 0.717) is 11.4 Å². The molecule has 0 aliphatic carbocycles. The van der Waals surface area contributed by atoms with Gasteiger partial charge in [0.05, 0.1) is 22.5 Å². The van der Waals surface area contributed by atoms with E-state index in [9.17, 15) is 19.8 Å². The van der Waals surface area contributed by atoms with Crippen molar-refractivity contribution in [2.24, 2.45) is 0 Å². The van der Waals surface area contributed by atoms with E-state index in [-0.39, 0.29) is 87.9 Å². The Morgan fingerprint density at radius 3 is 1.21 bits per heavy atom. The third-order valence-electron chi connectivity index (χ3n) is 3.72. The summed E-state index contributed by atoms with van der Waals surface area (Å²) in [5.74, 6) is -2.31. The van der Waals surface area contributed by atoms with Crippen molar-refractivity contribution in [3.8, 4) is 0 Å². The molecule has 4 N–H and O–H groups in total. The molecule has 3 aromatic rings. The number of carboxylic acid groups (broad SMARTS) is 2. The average molecular weight is 526 g/mol. The largest absolute Gasteiger partial charge is 0.478 e. The second-order valence-electron chi connectivity index (χ2n) is 5.54. The molecule has 0 fully saturated rings. The van der Waals surface area contributed by atoms with Crippen molar-refractivity contribution in [3.05, 3.63) is 83.9 Å². The Balaban J connectivity index is 0.00000196. The van der Waals surface area contributed by atoms with E-state index >= 15 is 0 Å². The Kier molecular flexibility index (Phi) is 9.97. The Bertz CT molecular complexity index is 872. The fourth-order valence-corrected chi connectivity index (χ4v) is 2.51. The van der Waals surface area contributed by atoms with Gasteiger partial charge in [-0.25, -0.2) is 9.59 Å².